The quantitative estimate of drug-likeness (QED) is 0.0116. The van der Waals surface area contributed by atoms with E-state index >= 15 is 0 Å². The number of esters is 2. The molecule has 1 aliphatic rings. The Kier molecular flexibility index (Phi) is 36.6. The molecule has 1 fully saturated rings. The highest BCUT2D eigenvalue weighted by atomic mass is 31.3. The maximum atomic E-state index is 12.9. The van der Waals surface area contributed by atoms with Crippen molar-refractivity contribution in [3.8, 4) is 0 Å². The van der Waals surface area contributed by atoms with Crippen molar-refractivity contribution >= 4 is 33.4 Å². The fourth-order valence-electron chi connectivity index (χ4n) is 7.91. The Morgan fingerprint density at radius 1 is 0.747 bits per heavy atom. The Morgan fingerprint density at radius 2 is 1.32 bits per heavy atom. The SMILES string of the molecule is CC/C=C\C/C=C\CC(O)/C=C/C=C\C/C=C\CCCC(=O)O[C@H](COC(=O)CCCCCCCCCCCCCCCCCCC(C)C)COP(=O)(O)OP(=O)(O)OC[C@H]1O[C@@H](n2ccc(N)nc2=O)[C@H](O)[C@@H]1O. The Bertz CT molecular complexity index is 2030. The summed E-state index contributed by atoms with van der Waals surface area (Å²) < 4.78 is 56.8. The lowest BCUT2D eigenvalue weighted by Crippen LogP contribution is -2.36. The summed E-state index contributed by atoms with van der Waals surface area (Å²) in [6.45, 7) is 4.26. The molecule has 0 amide bonds. The molecule has 0 radical (unpaired) electrons. The van der Waals surface area contributed by atoms with Crippen molar-refractivity contribution in [2.45, 2.75) is 218 Å². The van der Waals surface area contributed by atoms with Gasteiger partial charge in [-0.15, -0.1) is 0 Å². The first-order chi connectivity index (χ1) is 35.9. The fourth-order valence-corrected chi connectivity index (χ4v) is 10.0. The fraction of sp³-hybridized carbons (Fsp3) is 0.704. The third-order valence-electron chi connectivity index (χ3n) is 12.1. The Morgan fingerprint density at radius 3 is 1.95 bits per heavy atom. The molecule has 0 bridgehead atoms. The summed E-state index contributed by atoms with van der Waals surface area (Å²) in [6.07, 6.45) is 36.2. The molecule has 1 aliphatic heterocycles. The lowest BCUT2D eigenvalue weighted by molar-refractivity contribution is -0.161. The maximum absolute atomic E-state index is 12.9. The number of carbonyl (C=O) groups is 2. The zero-order chi connectivity index (χ0) is 55.2. The highest BCUT2D eigenvalue weighted by Crippen LogP contribution is 2.60. The third kappa shape index (κ3) is 34.0. The van der Waals surface area contributed by atoms with Crippen molar-refractivity contribution < 1.29 is 71.4 Å². The number of hydrogen-bond acceptors (Lipinski definition) is 16. The van der Waals surface area contributed by atoms with E-state index in [0.29, 0.717) is 32.1 Å². The second kappa shape index (κ2) is 40.6. The molecule has 19 nitrogen and oxygen atoms in total. The van der Waals surface area contributed by atoms with Gasteiger partial charge in [-0.1, -0.05) is 184 Å². The molecule has 428 valence electrons. The minimum Gasteiger partial charge on any atom is -0.462 e. The summed E-state index contributed by atoms with van der Waals surface area (Å²) in [5.74, 6) is -0.602. The summed E-state index contributed by atoms with van der Waals surface area (Å²) >= 11 is 0. The molecule has 7 N–H and O–H groups in total. The van der Waals surface area contributed by atoms with E-state index in [0.717, 1.165) is 55.2 Å². The molecular weight excluding hydrogens is 1010 g/mol. The molecule has 1 aromatic heterocycles. The van der Waals surface area contributed by atoms with Gasteiger partial charge in [-0.3, -0.25) is 23.2 Å². The Hall–Kier alpha value is -3.58. The number of allylic oxidation sites excluding steroid dienone is 8. The second-order valence-electron chi connectivity index (χ2n) is 19.4. The van der Waals surface area contributed by atoms with E-state index in [4.69, 9.17) is 29.0 Å². The van der Waals surface area contributed by atoms with Crippen LogP contribution in [0.1, 0.15) is 188 Å². The van der Waals surface area contributed by atoms with Crippen LogP contribution in [0.25, 0.3) is 0 Å². The van der Waals surface area contributed by atoms with Gasteiger partial charge in [0.2, 0.25) is 0 Å². The van der Waals surface area contributed by atoms with E-state index in [-0.39, 0.29) is 18.7 Å². The second-order valence-corrected chi connectivity index (χ2v) is 22.4. The number of phosphoric acid groups is 2. The lowest BCUT2D eigenvalue weighted by Gasteiger charge is -2.21. The molecular formula is C54H91N3O16P2. The van der Waals surface area contributed by atoms with E-state index in [1.165, 1.54) is 83.1 Å². The molecule has 1 saturated heterocycles. The molecule has 2 rings (SSSR count). The topological polar surface area (TPSA) is 286 Å². The first-order valence-corrected chi connectivity index (χ1v) is 30.3. The van der Waals surface area contributed by atoms with Crippen molar-refractivity contribution in [1.82, 2.24) is 9.55 Å². The minimum absolute atomic E-state index is 0.0610. The maximum Gasteiger partial charge on any atom is 0.481 e. The number of aliphatic hydroxyl groups is 3. The largest absolute Gasteiger partial charge is 0.481 e. The number of nitrogens with zero attached hydrogens (tertiary/aromatic N) is 2. The van der Waals surface area contributed by atoms with Crippen LogP contribution in [0.15, 0.2) is 77.8 Å². The number of nitrogen functional groups attached to an aromatic ring is 1. The predicted octanol–water partition coefficient (Wildman–Crippen LogP) is 10.7. The van der Waals surface area contributed by atoms with E-state index in [9.17, 15) is 48.6 Å². The van der Waals surface area contributed by atoms with Gasteiger partial charge in [0.1, 0.15) is 30.7 Å². The molecule has 21 heteroatoms. The summed E-state index contributed by atoms with van der Waals surface area (Å²) in [4.78, 5) is 62.0. The summed E-state index contributed by atoms with van der Waals surface area (Å²) in [7, 11) is -10.9. The lowest BCUT2D eigenvalue weighted by atomic mass is 10.0. The van der Waals surface area contributed by atoms with Crippen LogP contribution < -0.4 is 11.4 Å². The van der Waals surface area contributed by atoms with E-state index in [2.05, 4.69) is 42.2 Å². The molecule has 0 spiro atoms. The van der Waals surface area contributed by atoms with Crippen molar-refractivity contribution in [3.05, 3.63) is 83.5 Å². The number of aliphatic hydroxyl groups excluding tert-OH is 3. The number of anilines is 1. The Labute approximate surface area is 445 Å². The molecule has 75 heavy (non-hydrogen) atoms. The molecule has 2 heterocycles. The van der Waals surface area contributed by atoms with Crippen LogP contribution in [-0.4, -0.2) is 96.9 Å². The van der Waals surface area contributed by atoms with Gasteiger partial charge in [0.15, 0.2) is 12.3 Å². The number of hydrogen-bond donors (Lipinski definition) is 6. The van der Waals surface area contributed by atoms with E-state index in [1.807, 2.05) is 36.5 Å². The van der Waals surface area contributed by atoms with Gasteiger partial charge < -0.3 is 45.1 Å². The van der Waals surface area contributed by atoms with Gasteiger partial charge in [0.25, 0.3) is 0 Å². The van der Waals surface area contributed by atoms with Crippen LogP contribution in [0.2, 0.25) is 0 Å². The van der Waals surface area contributed by atoms with Gasteiger partial charge in [-0.05, 0) is 56.9 Å². The average Bonchev–Trinajstić information content (AvgIpc) is 3.63. The number of rotatable bonds is 44. The normalized spacial score (nSPS) is 19.7. The molecule has 3 unspecified atom stereocenters. The number of phosphoric ester groups is 2. The zero-order valence-corrected chi connectivity index (χ0v) is 46.7. The molecule has 8 atom stereocenters. The van der Waals surface area contributed by atoms with Gasteiger partial charge in [0, 0.05) is 19.0 Å². The van der Waals surface area contributed by atoms with Crippen molar-refractivity contribution in [3.63, 3.8) is 0 Å². The average molecular weight is 1100 g/mol. The zero-order valence-electron chi connectivity index (χ0n) is 44.9. The number of aromatic nitrogens is 2. The van der Waals surface area contributed by atoms with Crippen molar-refractivity contribution in [1.29, 1.82) is 0 Å². The van der Waals surface area contributed by atoms with Crippen LogP contribution in [0.5, 0.6) is 0 Å². The first-order valence-electron chi connectivity index (χ1n) is 27.3. The van der Waals surface area contributed by atoms with E-state index < -0.39 is 89.8 Å². The van der Waals surface area contributed by atoms with Crippen LogP contribution in [0.4, 0.5) is 5.82 Å². The first kappa shape index (κ1) is 67.5. The van der Waals surface area contributed by atoms with Crippen LogP contribution in [0.3, 0.4) is 0 Å². The minimum atomic E-state index is -5.45. The highest BCUT2D eigenvalue weighted by molar-refractivity contribution is 7.61. The number of ether oxygens (including phenoxy) is 3. The standard InChI is InChI=1S/C54H91N3O16P2/c1-4-5-6-7-25-30-35-45(58)36-31-26-21-18-19-23-28-33-38-50(60)71-46(41-68-49(59)37-32-27-22-17-15-13-11-9-8-10-12-14-16-20-24-29-34-44(2)3)42-69-74(64,65)73-75(66,67)70-43-47-51(61)52(62)53(72-47)57-40-39-48(55)56-54(57)63/h5-6,19,21,23,25-26,30-31,36,39-40,44-47,51-53,58,61-62H,4,7-18,20,22,24,27-29,32-35,37-38,41-43H2,1-3H3,(H,64,65)(H,66,67)(H2,55,56,63)/b6-5-,23-19-,26-21-,30-25-,36-31+/t45?,46-,47-,51-,52-,53-/m1/s1. The monoisotopic (exact) mass is 1100 g/mol. The van der Waals surface area contributed by atoms with Gasteiger partial charge in [-0.2, -0.15) is 9.29 Å². The third-order valence-corrected chi connectivity index (χ3v) is 14.7. The summed E-state index contributed by atoms with van der Waals surface area (Å²) in [6, 6.07) is 1.24. The van der Waals surface area contributed by atoms with Gasteiger partial charge >= 0.3 is 33.3 Å². The smallest absolute Gasteiger partial charge is 0.462 e. The van der Waals surface area contributed by atoms with Crippen molar-refractivity contribution in [2.24, 2.45) is 5.92 Å². The van der Waals surface area contributed by atoms with Gasteiger partial charge in [0.05, 0.1) is 19.3 Å². The summed E-state index contributed by atoms with van der Waals surface area (Å²) in [5, 5.41) is 31.0. The number of carbonyl (C=O) groups excluding carboxylic acids is 2. The van der Waals surface area contributed by atoms with Crippen molar-refractivity contribution in [2.75, 3.05) is 25.6 Å². The molecule has 0 aliphatic carbocycles. The van der Waals surface area contributed by atoms with Crippen LogP contribution in [0, 0.1) is 5.92 Å². The molecule has 1 aromatic rings. The van der Waals surface area contributed by atoms with E-state index in [1.54, 1.807) is 12.2 Å². The molecule has 0 saturated carbocycles. The van der Waals surface area contributed by atoms with Crippen LogP contribution >= 0.6 is 15.6 Å². The van der Waals surface area contributed by atoms with Gasteiger partial charge in [-0.25, -0.2) is 13.9 Å². The number of unbranched alkanes of at least 4 members (excludes halogenated alkanes) is 16. The predicted molar refractivity (Wildman–Crippen MR) is 290 cm³/mol. The highest BCUT2D eigenvalue weighted by Gasteiger charge is 2.46. The van der Waals surface area contributed by atoms with Crippen LogP contribution in [-0.2, 0) is 46.3 Å². The number of nitrogens with two attached hydrogens (primary N) is 1. The summed E-state index contributed by atoms with van der Waals surface area (Å²) in [5.41, 5.74) is 4.58. The molecule has 0 aromatic carbocycles. The Balaban J connectivity index is 1.81.